The number of rotatable bonds is 4. The number of piperidine rings is 1. The Morgan fingerprint density at radius 1 is 1.33 bits per heavy atom. The molecule has 18 heavy (non-hydrogen) atoms. The SMILES string of the molecule is CCOC(=O)N1CC(NC2CC2)CC(C(=O)O)C1. The second-order valence-electron chi connectivity index (χ2n) is 5.01. The van der Waals surface area contributed by atoms with Gasteiger partial charge >= 0.3 is 12.1 Å². The molecular weight excluding hydrogens is 236 g/mol. The topological polar surface area (TPSA) is 78.9 Å². The predicted octanol–water partition coefficient (Wildman–Crippen LogP) is 0.670. The number of hydrogen-bond donors (Lipinski definition) is 2. The van der Waals surface area contributed by atoms with Gasteiger partial charge in [-0.3, -0.25) is 4.79 Å². The molecule has 0 radical (unpaired) electrons. The number of carbonyl (C=O) groups is 2. The zero-order valence-electron chi connectivity index (χ0n) is 10.6. The van der Waals surface area contributed by atoms with Crippen molar-refractivity contribution in [1.29, 1.82) is 0 Å². The second-order valence-corrected chi connectivity index (χ2v) is 5.01. The smallest absolute Gasteiger partial charge is 0.409 e. The first-order valence-corrected chi connectivity index (χ1v) is 6.50. The molecule has 102 valence electrons. The first-order chi connectivity index (χ1) is 8.60. The number of nitrogens with one attached hydrogen (secondary N) is 1. The molecule has 0 bridgehead atoms. The summed E-state index contributed by atoms with van der Waals surface area (Å²) in [4.78, 5) is 24.3. The van der Waals surface area contributed by atoms with E-state index < -0.39 is 18.0 Å². The van der Waals surface area contributed by atoms with E-state index in [2.05, 4.69) is 5.32 Å². The van der Waals surface area contributed by atoms with Gasteiger partial charge in [0.05, 0.1) is 12.5 Å². The Morgan fingerprint density at radius 2 is 2.06 bits per heavy atom. The lowest BCUT2D eigenvalue weighted by molar-refractivity contribution is -0.143. The molecule has 0 aromatic rings. The van der Waals surface area contributed by atoms with E-state index in [9.17, 15) is 9.59 Å². The van der Waals surface area contributed by atoms with Gasteiger partial charge in [-0.2, -0.15) is 0 Å². The van der Waals surface area contributed by atoms with Crippen LogP contribution in [0.15, 0.2) is 0 Å². The molecule has 1 aliphatic carbocycles. The van der Waals surface area contributed by atoms with Gasteiger partial charge in [0.25, 0.3) is 0 Å². The summed E-state index contributed by atoms with van der Waals surface area (Å²) in [5, 5.41) is 12.5. The van der Waals surface area contributed by atoms with E-state index in [4.69, 9.17) is 9.84 Å². The molecule has 2 N–H and O–H groups in total. The quantitative estimate of drug-likeness (QED) is 0.773. The van der Waals surface area contributed by atoms with Crippen LogP contribution in [-0.4, -0.2) is 53.8 Å². The molecule has 2 atom stereocenters. The number of ether oxygens (including phenoxy) is 1. The highest BCUT2D eigenvalue weighted by molar-refractivity contribution is 5.73. The summed E-state index contributed by atoms with van der Waals surface area (Å²) in [5.41, 5.74) is 0. The third-order valence-corrected chi connectivity index (χ3v) is 3.37. The van der Waals surface area contributed by atoms with Crippen molar-refractivity contribution >= 4 is 12.1 Å². The van der Waals surface area contributed by atoms with Crippen LogP contribution in [0.2, 0.25) is 0 Å². The number of hydrogen-bond acceptors (Lipinski definition) is 4. The molecule has 2 rings (SSSR count). The van der Waals surface area contributed by atoms with Crippen LogP contribution in [-0.2, 0) is 9.53 Å². The molecule has 0 spiro atoms. The van der Waals surface area contributed by atoms with Crippen molar-refractivity contribution in [2.75, 3.05) is 19.7 Å². The van der Waals surface area contributed by atoms with Gasteiger partial charge in [-0.15, -0.1) is 0 Å². The number of likely N-dealkylation sites (tertiary alicyclic amines) is 1. The van der Waals surface area contributed by atoms with E-state index >= 15 is 0 Å². The maximum absolute atomic E-state index is 11.7. The van der Waals surface area contributed by atoms with Crippen LogP contribution < -0.4 is 5.32 Å². The maximum Gasteiger partial charge on any atom is 0.409 e. The molecule has 1 amide bonds. The Morgan fingerprint density at radius 3 is 2.61 bits per heavy atom. The number of carboxylic acid groups (broad SMARTS) is 1. The molecular formula is C12H20N2O4. The van der Waals surface area contributed by atoms with Gasteiger partial charge in [0.1, 0.15) is 0 Å². The molecule has 6 heteroatoms. The molecule has 0 aromatic heterocycles. The van der Waals surface area contributed by atoms with E-state index in [0.717, 1.165) is 12.8 Å². The molecule has 1 aliphatic heterocycles. The van der Waals surface area contributed by atoms with Crippen LogP contribution in [0.3, 0.4) is 0 Å². The molecule has 1 saturated heterocycles. The van der Waals surface area contributed by atoms with Crippen molar-refractivity contribution in [3.05, 3.63) is 0 Å². The summed E-state index contributed by atoms with van der Waals surface area (Å²) < 4.78 is 4.94. The number of nitrogens with zero attached hydrogens (tertiary/aromatic N) is 1. The van der Waals surface area contributed by atoms with Crippen molar-refractivity contribution in [2.45, 2.75) is 38.3 Å². The van der Waals surface area contributed by atoms with Crippen LogP contribution >= 0.6 is 0 Å². The monoisotopic (exact) mass is 256 g/mol. The van der Waals surface area contributed by atoms with Crippen molar-refractivity contribution < 1.29 is 19.4 Å². The van der Waals surface area contributed by atoms with E-state index in [-0.39, 0.29) is 12.6 Å². The Balaban J connectivity index is 1.95. The molecule has 2 aliphatic rings. The predicted molar refractivity (Wildman–Crippen MR) is 64.3 cm³/mol. The van der Waals surface area contributed by atoms with Gasteiger partial charge in [-0.05, 0) is 26.2 Å². The fraction of sp³-hybridized carbons (Fsp3) is 0.833. The van der Waals surface area contributed by atoms with E-state index in [0.29, 0.717) is 25.6 Å². The summed E-state index contributed by atoms with van der Waals surface area (Å²) in [7, 11) is 0. The van der Waals surface area contributed by atoms with Crippen LogP contribution in [0, 0.1) is 5.92 Å². The first kappa shape index (κ1) is 13.1. The minimum absolute atomic E-state index is 0.0664. The number of carbonyl (C=O) groups excluding carboxylic acids is 1. The number of aliphatic carboxylic acids is 1. The lowest BCUT2D eigenvalue weighted by Gasteiger charge is -2.35. The van der Waals surface area contributed by atoms with Gasteiger partial charge in [0, 0.05) is 25.2 Å². The van der Waals surface area contributed by atoms with Gasteiger partial charge in [0.15, 0.2) is 0 Å². The average Bonchev–Trinajstić information content (AvgIpc) is 3.12. The van der Waals surface area contributed by atoms with Gasteiger partial charge < -0.3 is 20.1 Å². The highest BCUT2D eigenvalue weighted by Crippen LogP contribution is 2.24. The summed E-state index contributed by atoms with van der Waals surface area (Å²) in [6.45, 7) is 2.85. The van der Waals surface area contributed by atoms with E-state index in [1.165, 1.54) is 4.90 Å². The number of amides is 1. The zero-order valence-corrected chi connectivity index (χ0v) is 10.6. The van der Waals surface area contributed by atoms with Gasteiger partial charge in [-0.25, -0.2) is 4.79 Å². The maximum atomic E-state index is 11.7. The van der Waals surface area contributed by atoms with Gasteiger partial charge in [0.2, 0.25) is 0 Å². The molecule has 2 unspecified atom stereocenters. The van der Waals surface area contributed by atoms with Crippen molar-refractivity contribution in [1.82, 2.24) is 10.2 Å². The largest absolute Gasteiger partial charge is 0.481 e. The second kappa shape index (κ2) is 5.56. The molecule has 1 heterocycles. The molecule has 1 saturated carbocycles. The molecule has 0 aromatic carbocycles. The molecule has 6 nitrogen and oxygen atoms in total. The lowest BCUT2D eigenvalue weighted by atomic mass is 9.94. The summed E-state index contributed by atoms with van der Waals surface area (Å²) in [5.74, 6) is -1.34. The van der Waals surface area contributed by atoms with E-state index in [1.54, 1.807) is 6.92 Å². The Hall–Kier alpha value is -1.30. The minimum Gasteiger partial charge on any atom is -0.481 e. The summed E-state index contributed by atoms with van der Waals surface area (Å²) in [6, 6.07) is 0.573. The van der Waals surface area contributed by atoms with Crippen molar-refractivity contribution in [2.24, 2.45) is 5.92 Å². The summed E-state index contributed by atoms with van der Waals surface area (Å²) >= 11 is 0. The Kier molecular flexibility index (Phi) is 4.06. The van der Waals surface area contributed by atoms with Gasteiger partial charge in [-0.1, -0.05) is 0 Å². The molecule has 2 fully saturated rings. The van der Waals surface area contributed by atoms with Crippen LogP contribution in [0.1, 0.15) is 26.2 Å². The summed E-state index contributed by atoms with van der Waals surface area (Å²) in [6.07, 6.45) is 2.47. The van der Waals surface area contributed by atoms with Crippen molar-refractivity contribution in [3.63, 3.8) is 0 Å². The first-order valence-electron chi connectivity index (χ1n) is 6.50. The van der Waals surface area contributed by atoms with E-state index in [1.807, 2.05) is 0 Å². The Labute approximate surface area is 106 Å². The van der Waals surface area contributed by atoms with Crippen LogP contribution in [0.5, 0.6) is 0 Å². The fourth-order valence-electron chi connectivity index (χ4n) is 2.35. The highest BCUT2D eigenvalue weighted by Gasteiger charge is 2.36. The Bertz CT molecular complexity index is 330. The minimum atomic E-state index is -0.841. The van der Waals surface area contributed by atoms with Crippen LogP contribution in [0.4, 0.5) is 4.79 Å². The fourth-order valence-corrected chi connectivity index (χ4v) is 2.35. The third kappa shape index (κ3) is 3.35. The average molecular weight is 256 g/mol. The zero-order chi connectivity index (χ0) is 13.1. The van der Waals surface area contributed by atoms with Crippen molar-refractivity contribution in [3.8, 4) is 0 Å². The number of carboxylic acids is 1. The highest BCUT2D eigenvalue weighted by atomic mass is 16.6. The lowest BCUT2D eigenvalue weighted by Crippen LogP contribution is -2.53. The third-order valence-electron chi connectivity index (χ3n) is 3.37. The van der Waals surface area contributed by atoms with Crippen LogP contribution in [0.25, 0.3) is 0 Å². The standard InChI is InChI=1S/C12H20N2O4/c1-2-18-12(17)14-6-8(11(15)16)5-10(7-14)13-9-3-4-9/h8-10,13H,2-7H2,1H3,(H,15,16). The normalized spacial score (nSPS) is 27.9.